The number of likely N-dealkylation sites (tertiary alicyclic amines) is 1. The van der Waals surface area contributed by atoms with Gasteiger partial charge in [0.1, 0.15) is 0 Å². The third kappa shape index (κ3) is 5.72. The van der Waals surface area contributed by atoms with Crippen molar-refractivity contribution in [3.63, 3.8) is 0 Å². The molecule has 160 valence electrons. The minimum Gasteiger partial charge on any atom is -0.357 e. The van der Waals surface area contributed by atoms with Crippen LogP contribution in [0.1, 0.15) is 50.7 Å². The molecule has 1 aromatic rings. The van der Waals surface area contributed by atoms with E-state index in [0.717, 1.165) is 45.1 Å². The Morgan fingerprint density at radius 2 is 1.97 bits per heavy atom. The molecule has 0 bridgehead atoms. The van der Waals surface area contributed by atoms with E-state index in [-0.39, 0.29) is 5.91 Å². The van der Waals surface area contributed by atoms with Crippen molar-refractivity contribution < 1.29 is 4.79 Å². The number of likely N-dealkylation sites (N-methyl/N-ethyl adjacent to an activating group) is 2. The van der Waals surface area contributed by atoms with Crippen LogP contribution in [-0.2, 0) is 17.9 Å². The maximum absolute atomic E-state index is 12.6. The molecule has 1 amide bonds. The third-order valence-electron chi connectivity index (χ3n) is 6.09. The van der Waals surface area contributed by atoms with E-state index >= 15 is 0 Å². The highest BCUT2D eigenvalue weighted by molar-refractivity contribution is 5.80. The van der Waals surface area contributed by atoms with Gasteiger partial charge in [-0.3, -0.25) is 14.7 Å². The van der Waals surface area contributed by atoms with Crippen LogP contribution in [0, 0.1) is 0 Å². The van der Waals surface area contributed by atoms with Crippen LogP contribution >= 0.6 is 0 Å². The summed E-state index contributed by atoms with van der Waals surface area (Å²) in [6.07, 6.45) is 3.92. The van der Waals surface area contributed by atoms with Crippen molar-refractivity contribution in [2.24, 2.45) is 4.99 Å². The molecule has 1 N–H and O–H groups in total. The van der Waals surface area contributed by atoms with Crippen molar-refractivity contribution >= 4 is 11.9 Å². The fraction of sp³-hybridized carbons (Fsp3) is 0.652. The zero-order valence-electron chi connectivity index (χ0n) is 18.4. The molecule has 0 aromatic heterocycles. The molecular formula is C23H37N5O. The number of benzene rings is 1. The molecule has 2 aliphatic heterocycles. The van der Waals surface area contributed by atoms with Crippen LogP contribution in [-0.4, -0.2) is 72.4 Å². The standard InChI is InChI=1S/C23H37N5O/c1-4-24-23(26(3)18-21-12-9-15-27(21)5-2)25-14-8-13-22(29)28-16-19-10-6-7-11-20(19)17-28/h6-7,10-11,21H,4-5,8-9,12-18H2,1-3H3,(H,24,25). The highest BCUT2D eigenvalue weighted by atomic mass is 16.2. The number of carbonyl (C=O) groups is 1. The largest absolute Gasteiger partial charge is 0.357 e. The summed E-state index contributed by atoms with van der Waals surface area (Å²) in [6.45, 7) is 10.7. The summed E-state index contributed by atoms with van der Waals surface area (Å²) in [6, 6.07) is 8.95. The third-order valence-corrected chi connectivity index (χ3v) is 6.09. The number of hydrogen-bond acceptors (Lipinski definition) is 3. The van der Waals surface area contributed by atoms with Crippen LogP contribution < -0.4 is 5.32 Å². The van der Waals surface area contributed by atoms with E-state index in [1.54, 1.807) is 0 Å². The van der Waals surface area contributed by atoms with Crippen molar-refractivity contribution in [2.45, 2.75) is 58.7 Å². The second-order valence-corrected chi connectivity index (χ2v) is 8.16. The predicted octanol–water partition coefficient (Wildman–Crippen LogP) is 2.69. The Labute approximate surface area is 176 Å². The molecule has 1 atom stereocenters. The number of nitrogens with zero attached hydrogens (tertiary/aromatic N) is 4. The molecule has 1 aromatic carbocycles. The van der Waals surface area contributed by atoms with E-state index < -0.39 is 0 Å². The summed E-state index contributed by atoms with van der Waals surface area (Å²) in [5, 5.41) is 3.41. The number of guanidine groups is 1. The first-order valence-electron chi connectivity index (χ1n) is 11.2. The summed E-state index contributed by atoms with van der Waals surface area (Å²) >= 11 is 0. The predicted molar refractivity (Wildman–Crippen MR) is 119 cm³/mol. The molecule has 1 fully saturated rings. The van der Waals surface area contributed by atoms with Crippen LogP contribution in [0.2, 0.25) is 0 Å². The first kappa shape index (κ1) is 21.6. The van der Waals surface area contributed by atoms with Gasteiger partial charge in [0, 0.05) is 52.2 Å². The summed E-state index contributed by atoms with van der Waals surface area (Å²) in [7, 11) is 2.13. The lowest BCUT2D eigenvalue weighted by Crippen LogP contribution is -2.46. The van der Waals surface area contributed by atoms with Crippen LogP contribution in [0.15, 0.2) is 29.3 Å². The minimum atomic E-state index is 0.235. The van der Waals surface area contributed by atoms with Crippen LogP contribution in [0.3, 0.4) is 0 Å². The fourth-order valence-corrected chi connectivity index (χ4v) is 4.47. The molecule has 0 radical (unpaired) electrons. The SMILES string of the molecule is CCNC(=NCCCC(=O)N1Cc2ccccc2C1)N(C)CC1CCCN1CC. The number of aliphatic imine (C=N–C) groups is 1. The first-order chi connectivity index (χ1) is 14.1. The molecule has 1 saturated heterocycles. The molecule has 6 nitrogen and oxygen atoms in total. The van der Waals surface area contributed by atoms with Gasteiger partial charge in [-0.25, -0.2) is 0 Å². The maximum Gasteiger partial charge on any atom is 0.223 e. The molecule has 6 heteroatoms. The summed E-state index contributed by atoms with van der Waals surface area (Å²) in [5.74, 6) is 1.19. The molecule has 0 saturated carbocycles. The Morgan fingerprint density at radius 3 is 2.62 bits per heavy atom. The number of nitrogens with one attached hydrogen (secondary N) is 1. The summed E-state index contributed by atoms with van der Waals surface area (Å²) in [4.78, 5) is 24.1. The normalized spacial score (nSPS) is 19.5. The number of amides is 1. The van der Waals surface area contributed by atoms with Crippen molar-refractivity contribution in [2.75, 3.05) is 39.8 Å². The van der Waals surface area contributed by atoms with Gasteiger partial charge in [-0.15, -0.1) is 0 Å². The Kier molecular flexibility index (Phi) is 7.92. The Morgan fingerprint density at radius 1 is 1.24 bits per heavy atom. The Balaban J connectivity index is 1.45. The fourth-order valence-electron chi connectivity index (χ4n) is 4.47. The lowest BCUT2D eigenvalue weighted by Gasteiger charge is -2.29. The second-order valence-electron chi connectivity index (χ2n) is 8.16. The van der Waals surface area contributed by atoms with Gasteiger partial charge in [-0.2, -0.15) is 0 Å². The molecule has 0 aliphatic carbocycles. The van der Waals surface area contributed by atoms with Crippen molar-refractivity contribution in [1.29, 1.82) is 0 Å². The zero-order chi connectivity index (χ0) is 20.6. The van der Waals surface area contributed by atoms with Gasteiger partial charge in [0.05, 0.1) is 0 Å². The first-order valence-corrected chi connectivity index (χ1v) is 11.2. The zero-order valence-corrected chi connectivity index (χ0v) is 18.4. The van der Waals surface area contributed by atoms with Crippen molar-refractivity contribution in [3.8, 4) is 0 Å². The smallest absolute Gasteiger partial charge is 0.223 e. The van der Waals surface area contributed by atoms with Crippen molar-refractivity contribution in [3.05, 3.63) is 35.4 Å². The highest BCUT2D eigenvalue weighted by Crippen LogP contribution is 2.23. The lowest BCUT2D eigenvalue weighted by molar-refractivity contribution is -0.131. The summed E-state index contributed by atoms with van der Waals surface area (Å²) < 4.78 is 0. The van der Waals surface area contributed by atoms with E-state index in [1.165, 1.54) is 30.5 Å². The van der Waals surface area contributed by atoms with Gasteiger partial charge in [-0.05, 0) is 50.4 Å². The van der Waals surface area contributed by atoms with Gasteiger partial charge < -0.3 is 15.1 Å². The lowest BCUT2D eigenvalue weighted by atomic mass is 10.1. The Hall–Kier alpha value is -2.08. The highest BCUT2D eigenvalue weighted by Gasteiger charge is 2.25. The van der Waals surface area contributed by atoms with E-state index in [4.69, 9.17) is 4.99 Å². The molecular weight excluding hydrogens is 362 g/mol. The topological polar surface area (TPSA) is 51.2 Å². The van der Waals surface area contributed by atoms with E-state index in [2.05, 4.69) is 48.1 Å². The Bertz CT molecular complexity index is 679. The van der Waals surface area contributed by atoms with Crippen LogP contribution in [0.25, 0.3) is 0 Å². The van der Waals surface area contributed by atoms with E-state index in [0.29, 0.717) is 19.0 Å². The molecule has 2 aliphatic rings. The van der Waals surface area contributed by atoms with Crippen LogP contribution in [0.4, 0.5) is 0 Å². The van der Waals surface area contributed by atoms with Gasteiger partial charge in [0.25, 0.3) is 0 Å². The minimum absolute atomic E-state index is 0.235. The number of fused-ring (bicyclic) bond motifs is 1. The number of carbonyl (C=O) groups excluding carboxylic acids is 1. The quantitative estimate of drug-likeness (QED) is 0.415. The second kappa shape index (κ2) is 10.6. The molecule has 29 heavy (non-hydrogen) atoms. The summed E-state index contributed by atoms with van der Waals surface area (Å²) in [5.41, 5.74) is 2.56. The van der Waals surface area contributed by atoms with Gasteiger partial charge in [0.2, 0.25) is 5.91 Å². The average Bonchev–Trinajstić information content (AvgIpc) is 3.36. The maximum atomic E-state index is 12.6. The monoisotopic (exact) mass is 399 g/mol. The van der Waals surface area contributed by atoms with Crippen LogP contribution in [0.5, 0.6) is 0 Å². The molecule has 0 spiro atoms. The molecule has 1 unspecified atom stereocenters. The van der Waals surface area contributed by atoms with Gasteiger partial charge in [-0.1, -0.05) is 31.2 Å². The molecule has 2 heterocycles. The van der Waals surface area contributed by atoms with Crippen molar-refractivity contribution in [1.82, 2.24) is 20.0 Å². The number of hydrogen-bond donors (Lipinski definition) is 1. The number of rotatable bonds is 8. The van der Waals surface area contributed by atoms with Gasteiger partial charge >= 0.3 is 0 Å². The van der Waals surface area contributed by atoms with E-state index in [9.17, 15) is 4.79 Å². The van der Waals surface area contributed by atoms with Gasteiger partial charge in [0.15, 0.2) is 5.96 Å². The molecule has 3 rings (SSSR count). The average molecular weight is 400 g/mol. The van der Waals surface area contributed by atoms with E-state index in [1.807, 2.05) is 17.0 Å².